The summed E-state index contributed by atoms with van der Waals surface area (Å²) in [6, 6.07) is 15.3. The number of amides is 1. The number of para-hydroxylation sites is 2. The van der Waals surface area contributed by atoms with Gasteiger partial charge >= 0.3 is 0 Å². The number of nitrogens with zero attached hydrogens (tertiary/aromatic N) is 2. The lowest BCUT2D eigenvalue weighted by Crippen LogP contribution is -2.34. The van der Waals surface area contributed by atoms with Crippen LogP contribution in [0.3, 0.4) is 0 Å². The Morgan fingerprint density at radius 3 is 2.39 bits per heavy atom. The van der Waals surface area contributed by atoms with Gasteiger partial charge in [0, 0.05) is 24.3 Å². The van der Waals surface area contributed by atoms with Crippen molar-refractivity contribution in [2.24, 2.45) is 11.8 Å². The normalized spacial score (nSPS) is 19.1. The molecular weight excluding hydrogens is 434 g/mol. The van der Waals surface area contributed by atoms with Crippen LogP contribution < -0.4 is 10.1 Å². The quantitative estimate of drug-likeness (QED) is 0.419. The summed E-state index contributed by atoms with van der Waals surface area (Å²) in [5, 5.41) is 3.55. The van der Waals surface area contributed by atoms with Gasteiger partial charge in [0.15, 0.2) is 0 Å². The maximum absolute atomic E-state index is 11.5. The van der Waals surface area contributed by atoms with Gasteiger partial charge in [0.2, 0.25) is 5.91 Å². The Labute approximate surface area is 201 Å². The first-order chi connectivity index (χ1) is 16.1. The first-order valence-electron chi connectivity index (χ1n) is 11.8. The number of halogens is 1. The summed E-state index contributed by atoms with van der Waals surface area (Å²) in [6.45, 7) is 2.16. The number of hydrogen-bond donors (Lipinski definition) is 1. The molecule has 1 heterocycles. The van der Waals surface area contributed by atoms with Crippen LogP contribution in [0, 0.1) is 11.8 Å². The highest BCUT2D eigenvalue weighted by Crippen LogP contribution is 2.49. The van der Waals surface area contributed by atoms with Gasteiger partial charge < -0.3 is 14.6 Å². The molecule has 174 valence electrons. The molecule has 0 saturated heterocycles. The zero-order valence-electron chi connectivity index (χ0n) is 19.1. The van der Waals surface area contributed by atoms with Crippen LogP contribution in [-0.2, 0) is 17.8 Å². The predicted molar refractivity (Wildman–Crippen MR) is 133 cm³/mol. The van der Waals surface area contributed by atoms with Crippen molar-refractivity contribution in [1.82, 2.24) is 9.55 Å². The Kier molecular flexibility index (Phi) is 8.05. The predicted octanol–water partition coefficient (Wildman–Crippen LogP) is 6.38. The standard InChI is InChI=1S/C21H22ClN3O2.C6H10/c1-16(26)24-20-4-2-3-5-21(20)27-19(14-25-13-12-23-15-25)11-8-17-6-9-18(22)10-7-17;1-2-6-4-3-5(1)6/h2-7,9-10,12-13,15,19H,8,11,14H2,1H3,(H,24,26);5-6H,1-4H2. The Morgan fingerprint density at radius 2 is 1.82 bits per heavy atom. The van der Waals surface area contributed by atoms with Gasteiger partial charge in [0.05, 0.1) is 18.6 Å². The minimum Gasteiger partial charge on any atom is -0.486 e. The Hall–Kier alpha value is -2.79. The molecule has 5 rings (SSSR count). The van der Waals surface area contributed by atoms with Crippen molar-refractivity contribution in [2.75, 3.05) is 5.32 Å². The molecule has 6 heteroatoms. The molecule has 1 aromatic heterocycles. The summed E-state index contributed by atoms with van der Waals surface area (Å²) in [5.41, 5.74) is 1.88. The third kappa shape index (κ3) is 6.84. The van der Waals surface area contributed by atoms with E-state index in [-0.39, 0.29) is 12.0 Å². The maximum Gasteiger partial charge on any atom is 0.221 e. The van der Waals surface area contributed by atoms with E-state index in [1.807, 2.05) is 59.3 Å². The fourth-order valence-corrected chi connectivity index (χ4v) is 4.53. The molecule has 1 amide bonds. The van der Waals surface area contributed by atoms with E-state index in [0.717, 1.165) is 17.9 Å². The molecule has 2 aliphatic carbocycles. The zero-order chi connectivity index (χ0) is 23.0. The zero-order valence-corrected chi connectivity index (χ0v) is 19.9. The number of fused-ring (bicyclic) bond motifs is 1. The second kappa shape index (κ2) is 11.4. The highest BCUT2D eigenvalue weighted by Gasteiger charge is 2.37. The Balaban J connectivity index is 0.000000367. The number of imidazole rings is 1. The molecule has 0 spiro atoms. The number of hydrogen-bond acceptors (Lipinski definition) is 3. The highest BCUT2D eigenvalue weighted by atomic mass is 35.5. The van der Waals surface area contributed by atoms with Crippen LogP contribution in [0.5, 0.6) is 5.75 Å². The SMILES string of the molecule is C1CC2CCC12.CC(=O)Nc1ccccc1OC(CCc1ccc(Cl)cc1)Cn1ccnc1. The van der Waals surface area contributed by atoms with Crippen LogP contribution in [0.2, 0.25) is 5.02 Å². The van der Waals surface area contributed by atoms with Gasteiger partial charge in [-0.25, -0.2) is 4.98 Å². The second-order valence-corrected chi connectivity index (χ2v) is 9.45. The van der Waals surface area contributed by atoms with Crippen LogP contribution in [0.15, 0.2) is 67.3 Å². The first kappa shape index (κ1) is 23.4. The van der Waals surface area contributed by atoms with E-state index in [2.05, 4.69) is 10.3 Å². The number of ether oxygens (including phenoxy) is 1. The molecule has 1 atom stereocenters. The van der Waals surface area contributed by atoms with Gasteiger partial charge in [-0.2, -0.15) is 0 Å². The van der Waals surface area contributed by atoms with Crippen molar-refractivity contribution in [3.63, 3.8) is 0 Å². The van der Waals surface area contributed by atoms with Crippen LogP contribution in [0.4, 0.5) is 5.69 Å². The van der Waals surface area contributed by atoms with Gasteiger partial charge in [0.25, 0.3) is 0 Å². The lowest BCUT2D eigenvalue weighted by atomic mass is 9.60. The number of aromatic nitrogens is 2. The monoisotopic (exact) mass is 465 g/mol. The number of carbonyl (C=O) groups is 1. The van der Waals surface area contributed by atoms with E-state index in [9.17, 15) is 4.79 Å². The number of aryl methyl sites for hydroxylation is 1. The molecule has 33 heavy (non-hydrogen) atoms. The van der Waals surface area contributed by atoms with E-state index >= 15 is 0 Å². The summed E-state index contributed by atoms with van der Waals surface area (Å²) < 4.78 is 8.27. The average molecular weight is 466 g/mol. The summed E-state index contributed by atoms with van der Waals surface area (Å²) in [4.78, 5) is 15.6. The van der Waals surface area contributed by atoms with Crippen molar-refractivity contribution >= 4 is 23.2 Å². The fourth-order valence-electron chi connectivity index (χ4n) is 4.40. The molecule has 2 aromatic carbocycles. The lowest BCUT2D eigenvalue weighted by molar-refractivity contribution is -0.114. The van der Waals surface area contributed by atoms with Crippen molar-refractivity contribution in [3.05, 3.63) is 77.8 Å². The van der Waals surface area contributed by atoms with Crippen LogP contribution in [-0.4, -0.2) is 21.6 Å². The van der Waals surface area contributed by atoms with Crippen molar-refractivity contribution in [2.45, 2.75) is 58.1 Å². The molecule has 2 saturated carbocycles. The van der Waals surface area contributed by atoms with Crippen molar-refractivity contribution in [3.8, 4) is 5.75 Å². The fraction of sp³-hybridized carbons (Fsp3) is 0.407. The summed E-state index contributed by atoms with van der Waals surface area (Å²) in [7, 11) is 0. The second-order valence-electron chi connectivity index (χ2n) is 9.02. The molecule has 1 unspecified atom stereocenters. The smallest absolute Gasteiger partial charge is 0.221 e. The minimum atomic E-state index is -0.127. The molecule has 5 nitrogen and oxygen atoms in total. The first-order valence-corrected chi connectivity index (χ1v) is 12.2. The third-order valence-electron chi connectivity index (χ3n) is 6.62. The van der Waals surface area contributed by atoms with Crippen LogP contribution in [0.25, 0.3) is 0 Å². The lowest BCUT2D eigenvalue weighted by Gasteiger charge is -2.46. The molecule has 0 aliphatic heterocycles. The van der Waals surface area contributed by atoms with E-state index in [1.165, 1.54) is 24.3 Å². The van der Waals surface area contributed by atoms with Gasteiger partial charge in [-0.1, -0.05) is 35.9 Å². The molecule has 2 aliphatic rings. The number of nitrogens with one attached hydrogen (secondary N) is 1. The van der Waals surface area contributed by atoms with Gasteiger partial charge in [0.1, 0.15) is 11.9 Å². The van der Waals surface area contributed by atoms with Gasteiger partial charge in [-0.15, -0.1) is 0 Å². The van der Waals surface area contributed by atoms with Gasteiger partial charge in [-0.3, -0.25) is 4.79 Å². The summed E-state index contributed by atoms with van der Waals surface area (Å²) in [5.74, 6) is 2.96. The molecule has 0 radical (unpaired) electrons. The molecule has 2 fully saturated rings. The van der Waals surface area contributed by atoms with E-state index in [0.29, 0.717) is 18.0 Å². The summed E-state index contributed by atoms with van der Waals surface area (Å²) in [6.07, 6.45) is 13.3. The van der Waals surface area contributed by atoms with E-state index < -0.39 is 0 Å². The maximum atomic E-state index is 11.5. The largest absolute Gasteiger partial charge is 0.486 e. The average Bonchev–Trinajstić information content (AvgIpc) is 3.30. The molecular formula is C27H32ClN3O2. The number of carbonyl (C=O) groups excluding carboxylic acids is 1. The Bertz CT molecular complexity index is 1000. The van der Waals surface area contributed by atoms with Crippen LogP contribution in [0.1, 0.15) is 44.6 Å². The van der Waals surface area contributed by atoms with Crippen molar-refractivity contribution < 1.29 is 9.53 Å². The van der Waals surface area contributed by atoms with Crippen LogP contribution >= 0.6 is 11.6 Å². The Morgan fingerprint density at radius 1 is 1.12 bits per heavy atom. The minimum absolute atomic E-state index is 0.0789. The molecule has 1 N–H and O–H groups in total. The highest BCUT2D eigenvalue weighted by molar-refractivity contribution is 6.30. The third-order valence-corrected chi connectivity index (χ3v) is 6.87. The van der Waals surface area contributed by atoms with E-state index in [4.69, 9.17) is 16.3 Å². The van der Waals surface area contributed by atoms with E-state index in [1.54, 1.807) is 38.2 Å². The van der Waals surface area contributed by atoms with Gasteiger partial charge in [-0.05, 0) is 80.2 Å². The molecule has 3 aromatic rings. The van der Waals surface area contributed by atoms with Crippen molar-refractivity contribution in [1.29, 1.82) is 0 Å². The topological polar surface area (TPSA) is 56.1 Å². The number of rotatable bonds is 8. The number of anilines is 1. The summed E-state index contributed by atoms with van der Waals surface area (Å²) >= 11 is 5.97. The number of benzene rings is 2. The molecule has 0 bridgehead atoms.